The van der Waals surface area contributed by atoms with Crippen molar-refractivity contribution in [3.8, 4) is 5.75 Å². The highest BCUT2D eigenvalue weighted by atomic mass is 35.5. The number of carbonyl (C=O) groups excluding carboxylic acids is 1. The minimum Gasteiger partial charge on any atom is -0.508 e. The Morgan fingerprint density at radius 3 is 2.54 bits per heavy atom. The first-order chi connectivity index (χ1) is 11.4. The fourth-order valence-corrected chi connectivity index (χ4v) is 4.86. The molecule has 2 N–H and O–H groups in total. The number of amides is 1. The highest BCUT2D eigenvalue weighted by Gasteiger charge is 2.45. The van der Waals surface area contributed by atoms with E-state index in [-0.39, 0.29) is 35.8 Å². The lowest BCUT2D eigenvalue weighted by atomic mass is 9.90. The van der Waals surface area contributed by atoms with Gasteiger partial charge in [0.1, 0.15) is 5.75 Å². The van der Waals surface area contributed by atoms with Crippen LogP contribution in [0, 0.1) is 0 Å². The largest absolute Gasteiger partial charge is 0.508 e. The minimum absolute atomic E-state index is 0.00545. The van der Waals surface area contributed by atoms with Crippen molar-refractivity contribution in [1.82, 2.24) is 9.80 Å². The predicted octanol–water partition coefficient (Wildman–Crippen LogP) is 2.22. The Morgan fingerprint density at radius 2 is 1.83 bits per heavy atom. The second-order valence-electron chi connectivity index (χ2n) is 7.13. The van der Waals surface area contributed by atoms with Gasteiger partial charge < -0.3 is 15.1 Å². The molecule has 0 bridgehead atoms. The number of hydrogen-bond donors (Lipinski definition) is 2. The molecule has 3 aliphatic heterocycles. The number of phenols is 1. The van der Waals surface area contributed by atoms with Crippen LogP contribution in [-0.4, -0.2) is 63.7 Å². The highest BCUT2D eigenvalue weighted by Crippen LogP contribution is 2.45. The van der Waals surface area contributed by atoms with Gasteiger partial charge in [-0.05, 0) is 25.0 Å². The molecule has 1 amide bonds. The molecule has 1 unspecified atom stereocenters. The van der Waals surface area contributed by atoms with Crippen LogP contribution in [-0.2, 0) is 4.79 Å². The third-order valence-electron chi connectivity index (χ3n) is 5.61. The summed E-state index contributed by atoms with van der Waals surface area (Å²) in [7, 11) is 0. The number of hydrogen-bond acceptors (Lipinski definition) is 4. The third kappa shape index (κ3) is 2.68. The molecule has 0 radical (unpaired) electrons. The van der Waals surface area contributed by atoms with Gasteiger partial charge in [0, 0.05) is 49.6 Å². The summed E-state index contributed by atoms with van der Waals surface area (Å²) in [6, 6.07) is 3.52. The fraction of sp³-hybridized carbons (Fsp3) is 0.588. The number of phenolic OH excluding ortho intramolecular Hbond substituents is 1. The van der Waals surface area contributed by atoms with E-state index < -0.39 is 0 Å². The average Bonchev–Trinajstić information content (AvgIpc) is 2.92. The minimum atomic E-state index is -0.253. The lowest BCUT2D eigenvalue weighted by molar-refractivity contribution is -0.140. The molecular formula is C17H20Cl2N2O3. The van der Waals surface area contributed by atoms with Crippen molar-refractivity contribution in [3.63, 3.8) is 0 Å². The van der Waals surface area contributed by atoms with Gasteiger partial charge in [0.05, 0.1) is 16.1 Å². The Balaban J connectivity index is 1.53. The second kappa shape index (κ2) is 6.06. The molecular weight excluding hydrogens is 351 g/mol. The van der Waals surface area contributed by atoms with Crippen LogP contribution in [0.3, 0.4) is 0 Å². The maximum Gasteiger partial charge on any atom is 0.224 e. The summed E-state index contributed by atoms with van der Waals surface area (Å²) in [4.78, 5) is 16.7. The average molecular weight is 371 g/mol. The second-order valence-corrected chi connectivity index (χ2v) is 7.91. The van der Waals surface area contributed by atoms with E-state index in [4.69, 9.17) is 23.2 Å². The smallest absolute Gasteiger partial charge is 0.224 e. The van der Waals surface area contributed by atoms with Crippen molar-refractivity contribution in [2.24, 2.45) is 0 Å². The van der Waals surface area contributed by atoms with Crippen LogP contribution in [0.1, 0.15) is 30.7 Å². The van der Waals surface area contributed by atoms with Gasteiger partial charge in [0.15, 0.2) is 0 Å². The quantitative estimate of drug-likeness (QED) is 0.837. The first-order valence-corrected chi connectivity index (χ1v) is 9.08. The molecule has 3 fully saturated rings. The molecule has 0 spiro atoms. The summed E-state index contributed by atoms with van der Waals surface area (Å²) in [5, 5.41) is 20.5. The van der Waals surface area contributed by atoms with E-state index >= 15 is 0 Å². The number of rotatable bonds is 2. The molecule has 3 saturated heterocycles. The Hall–Kier alpha value is -1.01. The number of carbonyl (C=O) groups is 1. The standard InChI is InChI=1S/C17H20Cl2N2O3/c18-13-1-2-14(23)16(17(13)19)9-3-11-4-10(20-7-12(22)8-20)5-15(24)21(11)6-9/h1-2,9-12,22-23H,3-8H2/t9-,10?,11-/m0/s1. The maximum atomic E-state index is 12.5. The van der Waals surface area contributed by atoms with Crippen molar-refractivity contribution >= 4 is 29.1 Å². The monoisotopic (exact) mass is 370 g/mol. The van der Waals surface area contributed by atoms with Crippen molar-refractivity contribution in [2.75, 3.05) is 19.6 Å². The lowest BCUT2D eigenvalue weighted by Crippen LogP contribution is -2.59. The van der Waals surface area contributed by atoms with Gasteiger partial charge in [-0.15, -0.1) is 0 Å². The summed E-state index contributed by atoms with van der Waals surface area (Å²) < 4.78 is 0. The lowest BCUT2D eigenvalue weighted by Gasteiger charge is -2.46. The van der Waals surface area contributed by atoms with Crippen molar-refractivity contribution in [3.05, 3.63) is 27.7 Å². The molecule has 130 valence electrons. The number of aliphatic hydroxyl groups is 1. The Bertz CT molecular complexity index is 678. The van der Waals surface area contributed by atoms with E-state index in [0.29, 0.717) is 41.7 Å². The first-order valence-electron chi connectivity index (χ1n) is 8.32. The van der Waals surface area contributed by atoms with Crippen LogP contribution in [0.5, 0.6) is 5.75 Å². The van der Waals surface area contributed by atoms with E-state index in [1.807, 2.05) is 4.90 Å². The predicted molar refractivity (Wildman–Crippen MR) is 91.6 cm³/mol. The fourth-order valence-electron chi connectivity index (χ4n) is 4.38. The molecule has 3 heterocycles. The van der Waals surface area contributed by atoms with Crippen molar-refractivity contribution in [2.45, 2.75) is 43.4 Å². The highest BCUT2D eigenvalue weighted by molar-refractivity contribution is 6.42. The molecule has 3 aliphatic rings. The number of aliphatic hydroxyl groups excluding tert-OH is 1. The number of fused-ring (bicyclic) bond motifs is 1. The number of halogens is 2. The zero-order chi connectivity index (χ0) is 17.0. The maximum absolute atomic E-state index is 12.5. The van der Waals surface area contributed by atoms with E-state index in [1.54, 1.807) is 12.1 Å². The molecule has 24 heavy (non-hydrogen) atoms. The molecule has 1 aromatic carbocycles. The van der Waals surface area contributed by atoms with E-state index in [0.717, 1.165) is 12.8 Å². The van der Waals surface area contributed by atoms with E-state index in [2.05, 4.69) is 4.90 Å². The zero-order valence-electron chi connectivity index (χ0n) is 13.2. The molecule has 0 saturated carbocycles. The Kier molecular flexibility index (Phi) is 4.15. The van der Waals surface area contributed by atoms with E-state index in [9.17, 15) is 15.0 Å². The number of benzene rings is 1. The molecule has 0 aliphatic carbocycles. The Labute approximate surface area is 150 Å². The van der Waals surface area contributed by atoms with Crippen LogP contribution in [0.4, 0.5) is 0 Å². The first kappa shape index (κ1) is 16.5. The van der Waals surface area contributed by atoms with E-state index in [1.165, 1.54) is 0 Å². The molecule has 1 aromatic rings. The molecule has 4 rings (SSSR count). The number of aromatic hydroxyl groups is 1. The number of nitrogens with zero attached hydrogens (tertiary/aromatic N) is 2. The van der Waals surface area contributed by atoms with Gasteiger partial charge >= 0.3 is 0 Å². The SMILES string of the molecule is O=C1CC(N2CC(O)C2)C[C@@H]2C[C@H](c3c(O)ccc(Cl)c3Cl)CN12. The number of β-amino-alcohol motifs (C(OH)–C–C–N with tert-alkyl or cyclic N) is 1. The van der Waals surface area contributed by atoms with Gasteiger partial charge in [0.25, 0.3) is 0 Å². The van der Waals surface area contributed by atoms with Gasteiger partial charge in [-0.3, -0.25) is 9.69 Å². The summed E-state index contributed by atoms with van der Waals surface area (Å²) in [5.41, 5.74) is 0.655. The molecule has 3 atom stereocenters. The molecule has 5 nitrogen and oxygen atoms in total. The summed E-state index contributed by atoms with van der Waals surface area (Å²) in [5.74, 6) is 0.299. The third-order valence-corrected chi connectivity index (χ3v) is 6.43. The normalized spacial score (nSPS) is 31.2. The molecule has 7 heteroatoms. The van der Waals surface area contributed by atoms with Crippen LogP contribution >= 0.6 is 23.2 Å². The van der Waals surface area contributed by atoms with Crippen LogP contribution in [0.15, 0.2) is 12.1 Å². The van der Waals surface area contributed by atoms with Gasteiger partial charge in [-0.25, -0.2) is 0 Å². The topological polar surface area (TPSA) is 64.0 Å². The van der Waals surface area contributed by atoms with Gasteiger partial charge in [-0.2, -0.15) is 0 Å². The zero-order valence-corrected chi connectivity index (χ0v) is 14.7. The van der Waals surface area contributed by atoms with Crippen LogP contribution in [0.2, 0.25) is 10.0 Å². The van der Waals surface area contributed by atoms with Gasteiger partial charge in [0.2, 0.25) is 5.91 Å². The number of likely N-dealkylation sites (tertiary alicyclic amines) is 1. The van der Waals surface area contributed by atoms with Crippen LogP contribution < -0.4 is 0 Å². The summed E-state index contributed by atoms with van der Waals surface area (Å²) in [6.45, 7) is 1.90. The summed E-state index contributed by atoms with van der Waals surface area (Å²) in [6.07, 6.45) is 1.95. The number of piperidine rings is 1. The van der Waals surface area contributed by atoms with Crippen LogP contribution in [0.25, 0.3) is 0 Å². The summed E-state index contributed by atoms with van der Waals surface area (Å²) >= 11 is 12.4. The van der Waals surface area contributed by atoms with Crippen molar-refractivity contribution in [1.29, 1.82) is 0 Å². The van der Waals surface area contributed by atoms with Crippen molar-refractivity contribution < 1.29 is 15.0 Å². The Morgan fingerprint density at radius 1 is 1.08 bits per heavy atom. The van der Waals surface area contributed by atoms with Gasteiger partial charge in [-0.1, -0.05) is 23.2 Å². The molecule has 0 aromatic heterocycles.